The number of piperidine rings is 2. The van der Waals surface area contributed by atoms with Gasteiger partial charge in [0.15, 0.2) is 0 Å². The number of nitrogens with two attached hydrogens (primary N) is 1. The first kappa shape index (κ1) is 19.6. The van der Waals surface area contributed by atoms with E-state index in [1.807, 2.05) is 12.0 Å². The number of carbonyl (C=O) groups is 2. The Kier molecular flexibility index (Phi) is 6.92. The zero-order valence-electron chi connectivity index (χ0n) is 16.2. The highest BCUT2D eigenvalue weighted by Crippen LogP contribution is 2.30. The van der Waals surface area contributed by atoms with E-state index in [2.05, 4.69) is 4.90 Å². The summed E-state index contributed by atoms with van der Waals surface area (Å²) in [6.45, 7) is 4.34. The lowest BCUT2D eigenvalue weighted by atomic mass is 9.91. The fraction of sp³-hybridized carbons (Fsp3) is 0.900. The monoisotopic (exact) mass is 365 g/mol. The minimum absolute atomic E-state index is 0.0533. The van der Waals surface area contributed by atoms with Crippen LogP contribution in [0, 0.1) is 17.8 Å². The van der Waals surface area contributed by atoms with E-state index < -0.39 is 0 Å². The third kappa shape index (κ3) is 4.77. The highest BCUT2D eigenvalue weighted by molar-refractivity contribution is 5.80. The summed E-state index contributed by atoms with van der Waals surface area (Å²) in [5.41, 5.74) is 5.38. The van der Waals surface area contributed by atoms with Crippen LogP contribution in [0.3, 0.4) is 0 Å². The minimum atomic E-state index is -0.222. The van der Waals surface area contributed by atoms with Gasteiger partial charge in [0.2, 0.25) is 11.8 Å². The van der Waals surface area contributed by atoms with E-state index in [9.17, 15) is 9.59 Å². The van der Waals surface area contributed by atoms with E-state index >= 15 is 0 Å². The first-order chi connectivity index (χ1) is 12.6. The molecule has 3 aliphatic rings. The van der Waals surface area contributed by atoms with E-state index in [1.54, 1.807) is 0 Å². The van der Waals surface area contributed by atoms with Gasteiger partial charge in [-0.25, -0.2) is 0 Å². The number of hydrogen-bond donors (Lipinski definition) is 1. The van der Waals surface area contributed by atoms with Gasteiger partial charge in [-0.05, 0) is 57.5 Å². The molecule has 0 aromatic heterocycles. The van der Waals surface area contributed by atoms with Gasteiger partial charge in [-0.2, -0.15) is 0 Å². The molecule has 0 radical (unpaired) electrons. The van der Waals surface area contributed by atoms with Crippen LogP contribution in [0.5, 0.6) is 0 Å². The van der Waals surface area contributed by atoms with Gasteiger partial charge in [-0.3, -0.25) is 9.59 Å². The van der Waals surface area contributed by atoms with Crippen molar-refractivity contribution < 1.29 is 14.3 Å². The molecule has 1 unspecified atom stereocenters. The maximum Gasteiger partial charge on any atom is 0.225 e. The van der Waals surface area contributed by atoms with Gasteiger partial charge < -0.3 is 20.3 Å². The van der Waals surface area contributed by atoms with Crippen molar-refractivity contribution in [3.63, 3.8) is 0 Å². The van der Waals surface area contributed by atoms with Gasteiger partial charge in [0.05, 0.1) is 6.10 Å². The maximum absolute atomic E-state index is 12.8. The van der Waals surface area contributed by atoms with Crippen LogP contribution in [0.15, 0.2) is 0 Å². The number of nitrogens with zero attached hydrogens (tertiary/aromatic N) is 2. The molecule has 0 bridgehead atoms. The molecule has 148 valence electrons. The fourth-order valence-corrected chi connectivity index (χ4v) is 5.00. The Hall–Kier alpha value is -1.14. The quantitative estimate of drug-likeness (QED) is 0.776. The van der Waals surface area contributed by atoms with Crippen molar-refractivity contribution in [1.82, 2.24) is 9.80 Å². The summed E-state index contributed by atoms with van der Waals surface area (Å²) in [5, 5.41) is 0. The second kappa shape index (κ2) is 9.18. The first-order valence-electron chi connectivity index (χ1n) is 10.4. The number of methoxy groups -OCH3 is 1. The summed E-state index contributed by atoms with van der Waals surface area (Å²) < 4.78 is 5.78. The number of likely N-dealkylation sites (tertiary alicyclic amines) is 2. The molecular formula is C20H35N3O3. The average molecular weight is 366 g/mol. The van der Waals surface area contributed by atoms with Crippen molar-refractivity contribution in [2.24, 2.45) is 23.5 Å². The second-order valence-electron chi connectivity index (χ2n) is 8.40. The molecule has 0 aromatic carbocycles. The van der Waals surface area contributed by atoms with Gasteiger partial charge in [-0.1, -0.05) is 12.8 Å². The number of rotatable bonds is 6. The van der Waals surface area contributed by atoms with Crippen LogP contribution in [0.2, 0.25) is 0 Å². The van der Waals surface area contributed by atoms with Crippen molar-refractivity contribution in [3.05, 3.63) is 0 Å². The SMILES string of the molecule is COC(CN1CCC(C(=O)N2CCC(C(N)=O)CC2)CC1)C1CCCC1. The van der Waals surface area contributed by atoms with Crippen LogP contribution in [0.4, 0.5) is 0 Å². The molecule has 0 aromatic rings. The van der Waals surface area contributed by atoms with E-state index in [0.29, 0.717) is 25.1 Å². The predicted molar refractivity (Wildman–Crippen MR) is 100 cm³/mol. The van der Waals surface area contributed by atoms with Crippen molar-refractivity contribution in [1.29, 1.82) is 0 Å². The Labute approximate surface area is 157 Å². The van der Waals surface area contributed by atoms with Gasteiger partial charge in [0.1, 0.15) is 0 Å². The van der Waals surface area contributed by atoms with Crippen molar-refractivity contribution >= 4 is 11.8 Å². The molecule has 3 fully saturated rings. The summed E-state index contributed by atoms with van der Waals surface area (Å²) in [5.74, 6) is 0.865. The van der Waals surface area contributed by atoms with Gasteiger partial charge in [-0.15, -0.1) is 0 Å². The zero-order valence-corrected chi connectivity index (χ0v) is 16.2. The Morgan fingerprint density at radius 1 is 0.962 bits per heavy atom. The molecule has 2 heterocycles. The molecule has 1 atom stereocenters. The van der Waals surface area contributed by atoms with Crippen molar-refractivity contribution in [2.75, 3.05) is 39.8 Å². The Bertz CT molecular complexity index is 477. The largest absolute Gasteiger partial charge is 0.380 e. The van der Waals surface area contributed by atoms with Crippen LogP contribution >= 0.6 is 0 Å². The third-order valence-electron chi connectivity index (χ3n) is 6.81. The van der Waals surface area contributed by atoms with Crippen LogP contribution in [0.1, 0.15) is 51.4 Å². The number of primary amides is 1. The number of amides is 2. The van der Waals surface area contributed by atoms with Crippen LogP contribution in [0.25, 0.3) is 0 Å². The maximum atomic E-state index is 12.8. The molecule has 6 nitrogen and oxygen atoms in total. The molecule has 26 heavy (non-hydrogen) atoms. The predicted octanol–water partition coefficient (Wildman–Crippen LogP) is 1.63. The molecule has 2 amide bonds. The molecule has 6 heteroatoms. The number of hydrogen-bond acceptors (Lipinski definition) is 4. The summed E-state index contributed by atoms with van der Waals surface area (Å²) >= 11 is 0. The molecule has 1 aliphatic carbocycles. The molecule has 2 aliphatic heterocycles. The Morgan fingerprint density at radius 2 is 1.54 bits per heavy atom. The highest BCUT2D eigenvalue weighted by Gasteiger charge is 2.33. The molecule has 3 rings (SSSR count). The van der Waals surface area contributed by atoms with Gasteiger partial charge in [0.25, 0.3) is 0 Å². The van der Waals surface area contributed by atoms with Gasteiger partial charge >= 0.3 is 0 Å². The molecule has 0 spiro atoms. The zero-order chi connectivity index (χ0) is 18.5. The Balaban J connectivity index is 1.41. The van der Waals surface area contributed by atoms with Crippen molar-refractivity contribution in [3.8, 4) is 0 Å². The minimum Gasteiger partial charge on any atom is -0.380 e. The summed E-state index contributed by atoms with van der Waals surface area (Å²) in [6.07, 6.45) is 8.95. The second-order valence-corrected chi connectivity index (χ2v) is 8.40. The molecule has 2 N–H and O–H groups in total. The highest BCUT2D eigenvalue weighted by atomic mass is 16.5. The molecule has 2 saturated heterocycles. The standard InChI is InChI=1S/C20H35N3O3/c1-26-18(15-4-2-3-5-15)14-22-10-6-17(7-11-22)20(25)23-12-8-16(9-13-23)19(21)24/h15-18H,2-14H2,1H3,(H2,21,24). The normalized spacial score (nSPS) is 25.5. The lowest BCUT2D eigenvalue weighted by Crippen LogP contribution is -2.48. The van der Waals surface area contributed by atoms with Crippen LogP contribution < -0.4 is 5.73 Å². The topological polar surface area (TPSA) is 75.9 Å². The molecule has 1 saturated carbocycles. The van der Waals surface area contributed by atoms with Crippen LogP contribution in [-0.2, 0) is 14.3 Å². The Morgan fingerprint density at radius 3 is 2.08 bits per heavy atom. The average Bonchev–Trinajstić information content (AvgIpc) is 3.20. The fourth-order valence-electron chi connectivity index (χ4n) is 5.00. The van der Waals surface area contributed by atoms with E-state index in [4.69, 9.17) is 10.5 Å². The summed E-state index contributed by atoms with van der Waals surface area (Å²) in [7, 11) is 1.84. The first-order valence-corrected chi connectivity index (χ1v) is 10.4. The third-order valence-corrected chi connectivity index (χ3v) is 6.81. The molecular weight excluding hydrogens is 330 g/mol. The van der Waals surface area contributed by atoms with Crippen molar-refractivity contribution in [2.45, 2.75) is 57.5 Å². The lowest BCUT2D eigenvalue weighted by molar-refractivity contribution is -0.140. The lowest BCUT2D eigenvalue weighted by Gasteiger charge is -2.38. The van der Waals surface area contributed by atoms with E-state index in [-0.39, 0.29) is 23.7 Å². The summed E-state index contributed by atoms with van der Waals surface area (Å²) in [6, 6.07) is 0. The smallest absolute Gasteiger partial charge is 0.225 e. The number of carbonyl (C=O) groups excluding carboxylic acids is 2. The number of ether oxygens (including phenoxy) is 1. The summed E-state index contributed by atoms with van der Waals surface area (Å²) in [4.78, 5) is 28.5. The van der Waals surface area contributed by atoms with Gasteiger partial charge in [0, 0.05) is 38.6 Å². The van der Waals surface area contributed by atoms with E-state index in [1.165, 1.54) is 25.7 Å². The van der Waals surface area contributed by atoms with Crippen LogP contribution in [-0.4, -0.2) is 67.6 Å². The van der Waals surface area contributed by atoms with E-state index in [0.717, 1.165) is 45.3 Å².